The highest BCUT2D eigenvalue weighted by Gasteiger charge is 2.05. The van der Waals surface area contributed by atoms with E-state index in [1.165, 1.54) is 0 Å². The van der Waals surface area contributed by atoms with Gasteiger partial charge in [-0.15, -0.1) is 0 Å². The Morgan fingerprint density at radius 3 is 2.50 bits per heavy atom. The van der Waals surface area contributed by atoms with Gasteiger partial charge in [-0.1, -0.05) is 24.6 Å². The maximum absolute atomic E-state index is 12.0. The number of pyridine rings is 1. The van der Waals surface area contributed by atoms with E-state index in [1.807, 2.05) is 43.3 Å². The Hall–Kier alpha value is -2.36. The molecule has 0 spiro atoms. The summed E-state index contributed by atoms with van der Waals surface area (Å²) in [5.74, 6) is 0.696. The molecule has 20 heavy (non-hydrogen) atoms. The number of hydrogen-bond acceptors (Lipinski definition) is 3. The van der Waals surface area contributed by atoms with Gasteiger partial charge in [0.1, 0.15) is 5.82 Å². The molecule has 0 fully saturated rings. The third-order valence-electron chi connectivity index (χ3n) is 2.89. The topological polar surface area (TPSA) is 54.0 Å². The molecule has 0 aliphatic heterocycles. The highest BCUT2D eigenvalue weighted by Crippen LogP contribution is 2.12. The van der Waals surface area contributed by atoms with Gasteiger partial charge >= 0.3 is 0 Å². The first kappa shape index (κ1) is 14.1. The Kier molecular flexibility index (Phi) is 4.71. The first-order valence-electron chi connectivity index (χ1n) is 6.77. The second-order valence-electron chi connectivity index (χ2n) is 4.68. The Morgan fingerprint density at radius 2 is 1.90 bits per heavy atom. The van der Waals surface area contributed by atoms with Crippen molar-refractivity contribution in [2.24, 2.45) is 0 Å². The molecule has 4 nitrogen and oxygen atoms in total. The molecular weight excluding hydrogens is 250 g/mol. The minimum absolute atomic E-state index is 0.124. The Bertz CT molecular complexity index is 561. The summed E-state index contributed by atoms with van der Waals surface area (Å²) in [7, 11) is 0. The van der Waals surface area contributed by atoms with Crippen LogP contribution < -0.4 is 10.6 Å². The maximum atomic E-state index is 12.0. The molecule has 0 saturated carbocycles. The molecule has 0 saturated heterocycles. The van der Waals surface area contributed by atoms with Gasteiger partial charge in [0, 0.05) is 12.1 Å². The lowest BCUT2D eigenvalue weighted by Crippen LogP contribution is -2.12. The van der Waals surface area contributed by atoms with Crippen molar-refractivity contribution in [3.05, 3.63) is 53.7 Å². The van der Waals surface area contributed by atoms with Crippen molar-refractivity contribution in [3.63, 3.8) is 0 Å². The third-order valence-corrected chi connectivity index (χ3v) is 2.89. The molecule has 1 aromatic heterocycles. The number of nitrogens with zero attached hydrogens (tertiary/aromatic N) is 1. The normalized spacial score (nSPS) is 10.1. The average Bonchev–Trinajstić information content (AvgIpc) is 2.47. The predicted octanol–water partition coefficient (Wildman–Crippen LogP) is 3.46. The van der Waals surface area contributed by atoms with Crippen LogP contribution in [0.15, 0.2) is 42.6 Å². The van der Waals surface area contributed by atoms with Crippen molar-refractivity contribution in [3.8, 4) is 0 Å². The molecule has 0 unspecified atom stereocenters. The van der Waals surface area contributed by atoms with E-state index in [2.05, 4.69) is 22.5 Å². The smallest absolute Gasteiger partial charge is 0.255 e. The van der Waals surface area contributed by atoms with Crippen molar-refractivity contribution < 1.29 is 4.79 Å². The molecule has 1 aromatic carbocycles. The van der Waals surface area contributed by atoms with Crippen molar-refractivity contribution >= 4 is 17.4 Å². The number of nitrogens with one attached hydrogen (secondary N) is 2. The second kappa shape index (κ2) is 6.70. The summed E-state index contributed by atoms with van der Waals surface area (Å²) in [5.41, 5.74) is 2.47. The molecule has 0 bridgehead atoms. The highest BCUT2D eigenvalue weighted by molar-refractivity contribution is 6.04. The number of rotatable bonds is 5. The van der Waals surface area contributed by atoms with Crippen LogP contribution in [-0.4, -0.2) is 17.4 Å². The highest BCUT2D eigenvalue weighted by atomic mass is 16.1. The SMILES string of the molecule is CCCNc1ccc(NC(=O)c2ccc(C)cc2)cn1. The summed E-state index contributed by atoms with van der Waals surface area (Å²) in [6.45, 7) is 4.98. The Balaban J connectivity index is 1.99. The van der Waals surface area contributed by atoms with Gasteiger partial charge in [-0.3, -0.25) is 4.79 Å². The lowest BCUT2D eigenvalue weighted by Gasteiger charge is -2.07. The number of carbonyl (C=O) groups is 1. The zero-order chi connectivity index (χ0) is 14.4. The van der Waals surface area contributed by atoms with E-state index >= 15 is 0 Å². The minimum Gasteiger partial charge on any atom is -0.370 e. The zero-order valence-corrected chi connectivity index (χ0v) is 11.8. The van der Waals surface area contributed by atoms with Gasteiger partial charge in [0.15, 0.2) is 0 Å². The van der Waals surface area contributed by atoms with Crippen LogP contribution in [0.5, 0.6) is 0 Å². The lowest BCUT2D eigenvalue weighted by atomic mass is 10.1. The number of amides is 1. The van der Waals surface area contributed by atoms with Gasteiger partial charge in [0.2, 0.25) is 0 Å². The monoisotopic (exact) mass is 269 g/mol. The number of anilines is 2. The van der Waals surface area contributed by atoms with Crippen LogP contribution in [0, 0.1) is 6.92 Å². The summed E-state index contributed by atoms with van der Waals surface area (Å²) in [6, 6.07) is 11.2. The summed E-state index contributed by atoms with van der Waals surface area (Å²) in [5, 5.41) is 6.02. The van der Waals surface area contributed by atoms with Gasteiger partial charge in [0.25, 0.3) is 5.91 Å². The number of aromatic nitrogens is 1. The molecule has 2 rings (SSSR count). The van der Waals surface area contributed by atoms with Gasteiger partial charge in [-0.25, -0.2) is 4.98 Å². The molecule has 0 atom stereocenters. The molecule has 104 valence electrons. The molecule has 0 aliphatic rings. The molecule has 0 radical (unpaired) electrons. The van der Waals surface area contributed by atoms with Gasteiger partial charge in [-0.2, -0.15) is 0 Å². The predicted molar refractivity (Wildman–Crippen MR) is 82.1 cm³/mol. The van der Waals surface area contributed by atoms with Crippen LogP contribution in [0.4, 0.5) is 11.5 Å². The fourth-order valence-corrected chi connectivity index (χ4v) is 1.73. The van der Waals surface area contributed by atoms with Crippen molar-refractivity contribution in [1.29, 1.82) is 0 Å². The largest absolute Gasteiger partial charge is 0.370 e. The van der Waals surface area contributed by atoms with Crippen LogP contribution in [0.3, 0.4) is 0 Å². The summed E-state index contributed by atoms with van der Waals surface area (Å²) in [4.78, 5) is 16.3. The van der Waals surface area contributed by atoms with E-state index in [-0.39, 0.29) is 5.91 Å². The summed E-state index contributed by atoms with van der Waals surface area (Å²) in [6.07, 6.45) is 2.71. The Labute approximate surface area is 119 Å². The first-order valence-corrected chi connectivity index (χ1v) is 6.77. The van der Waals surface area contributed by atoms with E-state index in [1.54, 1.807) is 6.20 Å². The molecule has 1 amide bonds. The van der Waals surface area contributed by atoms with Gasteiger partial charge < -0.3 is 10.6 Å². The third kappa shape index (κ3) is 3.82. The van der Waals surface area contributed by atoms with Gasteiger partial charge in [0.05, 0.1) is 11.9 Å². The quantitative estimate of drug-likeness (QED) is 0.874. The lowest BCUT2D eigenvalue weighted by molar-refractivity contribution is 0.102. The first-order chi connectivity index (χ1) is 9.69. The van der Waals surface area contributed by atoms with Crippen LogP contribution in [0.2, 0.25) is 0 Å². The molecule has 0 aliphatic carbocycles. The maximum Gasteiger partial charge on any atom is 0.255 e. The second-order valence-corrected chi connectivity index (χ2v) is 4.68. The van der Waals surface area contributed by atoms with Crippen LogP contribution in [0.1, 0.15) is 29.3 Å². The molecular formula is C16H19N3O. The van der Waals surface area contributed by atoms with Crippen molar-refractivity contribution in [2.75, 3.05) is 17.2 Å². The van der Waals surface area contributed by atoms with Crippen molar-refractivity contribution in [2.45, 2.75) is 20.3 Å². The Morgan fingerprint density at radius 1 is 1.15 bits per heavy atom. The molecule has 1 heterocycles. The average molecular weight is 269 g/mol. The van der Waals surface area contributed by atoms with Crippen molar-refractivity contribution in [1.82, 2.24) is 4.98 Å². The van der Waals surface area contributed by atoms with Gasteiger partial charge in [-0.05, 0) is 37.6 Å². The standard InChI is InChI=1S/C16H19N3O/c1-3-10-17-15-9-8-14(11-18-15)19-16(20)13-6-4-12(2)5-7-13/h4-9,11H,3,10H2,1-2H3,(H,17,18)(H,19,20). The number of aryl methyl sites for hydroxylation is 1. The molecule has 2 aromatic rings. The zero-order valence-electron chi connectivity index (χ0n) is 11.8. The van der Waals surface area contributed by atoms with Crippen LogP contribution >= 0.6 is 0 Å². The van der Waals surface area contributed by atoms with E-state index in [0.717, 1.165) is 24.3 Å². The van der Waals surface area contributed by atoms with E-state index in [9.17, 15) is 4.79 Å². The fraction of sp³-hybridized carbons (Fsp3) is 0.250. The summed E-state index contributed by atoms with van der Waals surface area (Å²) < 4.78 is 0. The van der Waals surface area contributed by atoms with Crippen LogP contribution in [-0.2, 0) is 0 Å². The molecule has 2 N–H and O–H groups in total. The van der Waals surface area contributed by atoms with Crippen LogP contribution in [0.25, 0.3) is 0 Å². The summed E-state index contributed by atoms with van der Waals surface area (Å²) >= 11 is 0. The van der Waals surface area contributed by atoms with E-state index in [4.69, 9.17) is 0 Å². The minimum atomic E-state index is -0.124. The van der Waals surface area contributed by atoms with E-state index in [0.29, 0.717) is 11.3 Å². The number of carbonyl (C=O) groups excluding carboxylic acids is 1. The fourth-order valence-electron chi connectivity index (χ4n) is 1.73. The van der Waals surface area contributed by atoms with E-state index < -0.39 is 0 Å². The number of hydrogen-bond donors (Lipinski definition) is 2. The number of benzene rings is 1. The molecule has 4 heteroatoms.